The molecule has 0 radical (unpaired) electrons. The lowest BCUT2D eigenvalue weighted by Crippen LogP contribution is -2.18. The molecule has 0 atom stereocenters. The van der Waals surface area contributed by atoms with E-state index in [4.69, 9.17) is 16.3 Å². The number of benzene rings is 2. The molecule has 1 N–H and O–H groups in total. The Labute approximate surface area is 163 Å². The van der Waals surface area contributed by atoms with Gasteiger partial charge in [0.05, 0.1) is 11.6 Å². The van der Waals surface area contributed by atoms with Crippen LogP contribution in [0.4, 0.5) is 18.9 Å². The average molecular weight is 414 g/mol. The number of alkyl halides is 3. The van der Waals surface area contributed by atoms with E-state index in [0.29, 0.717) is 5.69 Å². The summed E-state index contributed by atoms with van der Waals surface area (Å²) >= 11 is 6.01. The third-order valence-corrected chi connectivity index (χ3v) is 3.66. The van der Waals surface area contributed by atoms with Crippen LogP contribution in [0.1, 0.15) is 17.3 Å². The number of hydrogen-bond acceptors (Lipinski definition) is 5. The second-order valence-corrected chi connectivity index (χ2v) is 5.71. The van der Waals surface area contributed by atoms with Crippen LogP contribution in [0.25, 0.3) is 0 Å². The maximum Gasteiger partial charge on any atom is 0.573 e. The lowest BCUT2D eigenvalue weighted by molar-refractivity contribution is -0.274. The molecule has 0 aliphatic rings. The first kappa shape index (κ1) is 21.3. The first-order valence-electron chi connectivity index (χ1n) is 8.00. The van der Waals surface area contributed by atoms with Crippen molar-refractivity contribution in [3.05, 3.63) is 70.9 Å². The fraction of sp³-hybridized carbons (Fsp3) is 0.158. The van der Waals surface area contributed by atoms with Gasteiger partial charge in [-0.25, -0.2) is 4.79 Å². The van der Waals surface area contributed by atoms with Crippen LogP contribution in [0.2, 0.25) is 5.02 Å². The number of carbonyl (C=O) groups is 2. The highest BCUT2D eigenvalue weighted by Gasteiger charge is 2.31. The van der Waals surface area contributed by atoms with E-state index in [1.807, 2.05) is 0 Å². The minimum atomic E-state index is -4.80. The van der Waals surface area contributed by atoms with Gasteiger partial charge in [0.2, 0.25) is 5.78 Å². The standard InChI is InChI=1S/C19H15ClF3NO4/c1-2-27-18(26)15(17(25)14-5-3-4-6-16(14)20)11-24-12-7-9-13(10-8-12)28-19(21,22)23/h3-11,24H,2H2,1H3. The Morgan fingerprint density at radius 1 is 1.11 bits per heavy atom. The summed E-state index contributed by atoms with van der Waals surface area (Å²) in [6, 6.07) is 10.9. The van der Waals surface area contributed by atoms with E-state index in [0.717, 1.165) is 18.3 Å². The lowest BCUT2D eigenvalue weighted by Gasteiger charge is -2.10. The van der Waals surface area contributed by atoms with Gasteiger partial charge in [-0.05, 0) is 43.3 Å². The van der Waals surface area contributed by atoms with Crippen LogP contribution in [0.15, 0.2) is 60.3 Å². The highest BCUT2D eigenvalue weighted by molar-refractivity contribution is 6.36. The average Bonchev–Trinajstić information content (AvgIpc) is 2.62. The molecule has 28 heavy (non-hydrogen) atoms. The minimum absolute atomic E-state index is 0.0510. The minimum Gasteiger partial charge on any atom is -0.462 e. The number of carbonyl (C=O) groups excluding carboxylic acids is 2. The molecule has 0 unspecified atom stereocenters. The van der Waals surface area contributed by atoms with Gasteiger partial charge in [0.25, 0.3) is 0 Å². The number of hydrogen-bond donors (Lipinski definition) is 1. The molecule has 148 valence electrons. The second-order valence-electron chi connectivity index (χ2n) is 5.30. The maximum atomic E-state index is 12.7. The highest BCUT2D eigenvalue weighted by Crippen LogP contribution is 2.24. The van der Waals surface area contributed by atoms with Crippen molar-refractivity contribution < 1.29 is 32.2 Å². The quantitative estimate of drug-likeness (QED) is 0.228. The number of halogens is 4. The molecule has 0 aromatic heterocycles. The van der Waals surface area contributed by atoms with Crippen molar-refractivity contribution in [2.75, 3.05) is 11.9 Å². The first-order valence-corrected chi connectivity index (χ1v) is 8.38. The van der Waals surface area contributed by atoms with E-state index >= 15 is 0 Å². The molecule has 0 aliphatic heterocycles. The highest BCUT2D eigenvalue weighted by atomic mass is 35.5. The fourth-order valence-corrected chi connectivity index (χ4v) is 2.35. The zero-order chi connectivity index (χ0) is 20.7. The molecule has 2 aromatic carbocycles. The second kappa shape index (κ2) is 9.27. The summed E-state index contributed by atoms with van der Waals surface area (Å²) in [6.07, 6.45) is -3.68. The van der Waals surface area contributed by atoms with E-state index in [-0.39, 0.29) is 22.8 Å². The number of esters is 1. The predicted octanol–water partition coefficient (Wildman–Crippen LogP) is 4.98. The monoisotopic (exact) mass is 413 g/mol. The van der Waals surface area contributed by atoms with Crippen LogP contribution in [-0.4, -0.2) is 24.7 Å². The Balaban J connectivity index is 2.24. The third-order valence-electron chi connectivity index (χ3n) is 3.33. The van der Waals surface area contributed by atoms with Crippen molar-refractivity contribution in [2.45, 2.75) is 13.3 Å². The topological polar surface area (TPSA) is 64.6 Å². The summed E-state index contributed by atoms with van der Waals surface area (Å²) in [5.74, 6) is -1.93. The summed E-state index contributed by atoms with van der Waals surface area (Å²) in [4.78, 5) is 24.8. The SMILES string of the molecule is CCOC(=O)C(=CNc1ccc(OC(F)(F)F)cc1)C(=O)c1ccccc1Cl. The van der Waals surface area contributed by atoms with Gasteiger partial charge < -0.3 is 14.8 Å². The molecule has 2 aromatic rings. The van der Waals surface area contributed by atoms with Crippen LogP contribution in [0.3, 0.4) is 0 Å². The summed E-state index contributed by atoms with van der Waals surface area (Å²) in [5, 5.41) is 2.84. The van der Waals surface area contributed by atoms with Crippen molar-refractivity contribution in [1.29, 1.82) is 0 Å². The van der Waals surface area contributed by atoms with Crippen molar-refractivity contribution in [3.8, 4) is 5.75 Å². The van der Waals surface area contributed by atoms with Gasteiger partial charge in [-0.3, -0.25) is 4.79 Å². The zero-order valence-corrected chi connectivity index (χ0v) is 15.3. The van der Waals surface area contributed by atoms with Crippen molar-refractivity contribution in [1.82, 2.24) is 0 Å². The molecule has 0 fully saturated rings. The Kier molecular flexibility index (Phi) is 7.06. The molecule has 0 heterocycles. The van der Waals surface area contributed by atoms with Gasteiger partial charge in [0, 0.05) is 17.5 Å². The molecule has 0 amide bonds. The van der Waals surface area contributed by atoms with E-state index < -0.39 is 23.9 Å². The number of anilines is 1. The third kappa shape index (κ3) is 6.02. The Morgan fingerprint density at radius 2 is 1.75 bits per heavy atom. The maximum absolute atomic E-state index is 12.7. The fourth-order valence-electron chi connectivity index (χ4n) is 2.12. The largest absolute Gasteiger partial charge is 0.573 e. The Hall–Kier alpha value is -3.00. The van der Waals surface area contributed by atoms with Crippen LogP contribution in [0, 0.1) is 0 Å². The van der Waals surface area contributed by atoms with Crippen LogP contribution < -0.4 is 10.1 Å². The van der Waals surface area contributed by atoms with Crippen LogP contribution in [0.5, 0.6) is 5.75 Å². The molecule has 2 rings (SSSR count). The van der Waals surface area contributed by atoms with Crippen molar-refractivity contribution in [2.24, 2.45) is 0 Å². The van der Waals surface area contributed by atoms with Gasteiger partial charge in [-0.15, -0.1) is 13.2 Å². The van der Waals surface area contributed by atoms with E-state index in [1.54, 1.807) is 19.1 Å². The molecule has 0 saturated heterocycles. The van der Waals surface area contributed by atoms with E-state index in [2.05, 4.69) is 10.1 Å². The van der Waals surface area contributed by atoms with Gasteiger partial charge in [0.1, 0.15) is 11.3 Å². The zero-order valence-electron chi connectivity index (χ0n) is 14.5. The predicted molar refractivity (Wildman–Crippen MR) is 97.2 cm³/mol. The summed E-state index contributed by atoms with van der Waals surface area (Å²) < 4.78 is 45.2. The van der Waals surface area contributed by atoms with Crippen molar-refractivity contribution in [3.63, 3.8) is 0 Å². The Morgan fingerprint density at radius 3 is 2.32 bits per heavy atom. The Bertz CT molecular complexity index is 879. The molecule has 0 saturated carbocycles. The molecule has 5 nitrogen and oxygen atoms in total. The normalized spacial score (nSPS) is 11.7. The van der Waals surface area contributed by atoms with E-state index in [1.165, 1.54) is 24.3 Å². The molecular weight excluding hydrogens is 399 g/mol. The molecule has 0 bridgehead atoms. The summed E-state index contributed by atoms with van der Waals surface area (Å²) in [6.45, 7) is 1.64. The van der Waals surface area contributed by atoms with Crippen LogP contribution in [-0.2, 0) is 9.53 Å². The first-order chi connectivity index (χ1) is 13.2. The van der Waals surface area contributed by atoms with Gasteiger partial charge >= 0.3 is 12.3 Å². The summed E-state index contributed by atoms with van der Waals surface area (Å²) in [7, 11) is 0. The van der Waals surface area contributed by atoms with E-state index in [9.17, 15) is 22.8 Å². The number of nitrogens with one attached hydrogen (secondary N) is 1. The number of ketones is 1. The number of rotatable bonds is 7. The van der Waals surface area contributed by atoms with Gasteiger partial charge in [-0.1, -0.05) is 23.7 Å². The molecular formula is C19H15ClF3NO4. The van der Waals surface area contributed by atoms with Crippen LogP contribution >= 0.6 is 11.6 Å². The molecule has 9 heteroatoms. The number of Topliss-reactive ketones (excluding diaryl/α,β-unsaturated/α-hetero) is 1. The number of ether oxygens (including phenoxy) is 2. The molecule has 0 aliphatic carbocycles. The molecule has 0 spiro atoms. The van der Waals surface area contributed by atoms with Crippen molar-refractivity contribution >= 4 is 29.0 Å². The van der Waals surface area contributed by atoms with Gasteiger partial charge in [-0.2, -0.15) is 0 Å². The lowest BCUT2D eigenvalue weighted by atomic mass is 10.0. The van der Waals surface area contributed by atoms with Gasteiger partial charge in [0.15, 0.2) is 0 Å². The smallest absolute Gasteiger partial charge is 0.462 e. The summed E-state index contributed by atoms with van der Waals surface area (Å²) in [5.41, 5.74) is 0.119.